The number of aromatic nitrogens is 1. The Bertz CT molecular complexity index is 1000. The first-order chi connectivity index (χ1) is 14.7. The van der Waals surface area contributed by atoms with Crippen molar-refractivity contribution >= 4 is 23.3 Å². The van der Waals surface area contributed by atoms with Crippen LogP contribution < -0.4 is 4.90 Å². The number of benzene rings is 1. The Morgan fingerprint density at radius 3 is 2.77 bits per heavy atom. The van der Waals surface area contributed by atoms with Gasteiger partial charge in [0, 0.05) is 50.2 Å². The van der Waals surface area contributed by atoms with Gasteiger partial charge >= 0.3 is 0 Å². The fourth-order valence-corrected chi connectivity index (χ4v) is 4.57. The first kappa shape index (κ1) is 19.1. The largest absolute Gasteiger partial charge is 0.378 e. The number of pyridine rings is 1. The fraction of sp³-hybridized carbons (Fsp3) is 0.435. The van der Waals surface area contributed by atoms with Crippen LogP contribution in [-0.4, -0.2) is 66.0 Å². The highest BCUT2D eigenvalue weighted by atomic mass is 16.5. The predicted octanol–water partition coefficient (Wildman–Crippen LogP) is 2.61. The number of nitrogens with zero attached hydrogens (tertiary/aromatic N) is 4. The minimum Gasteiger partial charge on any atom is -0.378 e. The quantitative estimate of drug-likeness (QED) is 0.784. The third-order valence-corrected chi connectivity index (χ3v) is 6.23. The summed E-state index contributed by atoms with van der Waals surface area (Å²) in [4.78, 5) is 35.8. The predicted molar refractivity (Wildman–Crippen MR) is 113 cm³/mol. The average Bonchev–Trinajstić information content (AvgIpc) is 3.13. The molecule has 0 N–H and O–H groups in total. The standard InChI is InChI=1S/C23H26N4O3/c1-2-25-15-18-13-19(5-6-20(18)23(25)29)27-7-3-4-16-12-17(14-24-21(16)27)22(28)26-8-10-30-11-9-26/h5-6,12-14H,2-4,7-11,15H2,1H3. The highest BCUT2D eigenvalue weighted by molar-refractivity contribution is 5.99. The van der Waals surface area contributed by atoms with E-state index in [2.05, 4.69) is 11.0 Å². The highest BCUT2D eigenvalue weighted by Gasteiger charge is 2.28. The van der Waals surface area contributed by atoms with Crippen molar-refractivity contribution in [3.05, 3.63) is 52.7 Å². The third kappa shape index (κ3) is 3.23. The molecule has 1 aromatic heterocycles. The maximum Gasteiger partial charge on any atom is 0.255 e. The van der Waals surface area contributed by atoms with Gasteiger partial charge in [0.25, 0.3) is 11.8 Å². The summed E-state index contributed by atoms with van der Waals surface area (Å²) in [5, 5.41) is 0. The summed E-state index contributed by atoms with van der Waals surface area (Å²) in [5.41, 5.74) is 4.69. The molecule has 1 fully saturated rings. The maximum atomic E-state index is 12.8. The number of hydrogen-bond donors (Lipinski definition) is 0. The van der Waals surface area contributed by atoms with Crippen LogP contribution in [0.15, 0.2) is 30.5 Å². The topological polar surface area (TPSA) is 66.0 Å². The lowest BCUT2D eigenvalue weighted by Gasteiger charge is -2.31. The summed E-state index contributed by atoms with van der Waals surface area (Å²) in [6, 6.07) is 8.07. The Morgan fingerprint density at radius 2 is 1.97 bits per heavy atom. The van der Waals surface area contributed by atoms with Gasteiger partial charge in [0.15, 0.2) is 0 Å². The van der Waals surface area contributed by atoms with Crippen molar-refractivity contribution in [2.45, 2.75) is 26.3 Å². The molecule has 0 unspecified atom stereocenters. The van der Waals surface area contributed by atoms with Gasteiger partial charge in [-0.3, -0.25) is 9.59 Å². The van der Waals surface area contributed by atoms with E-state index < -0.39 is 0 Å². The monoisotopic (exact) mass is 406 g/mol. The molecule has 0 atom stereocenters. The van der Waals surface area contributed by atoms with E-state index in [0.717, 1.165) is 54.1 Å². The van der Waals surface area contributed by atoms with Gasteiger partial charge in [-0.2, -0.15) is 0 Å². The number of anilines is 2. The van der Waals surface area contributed by atoms with Crippen LogP contribution in [0.2, 0.25) is 0 Å². The van der Waals surface area contributed by atoms with Crippen molar-refractivity contribution in [2.24, 2.45) is 0 Å². The van der Waals surface area contributed by atoms with E-state index >= 15 is 0 Å². The van der Waals surface area contributed by atoms with Gasteiger partial charge in [0.1, 0.15) is 5.82 Å². The molecule has 2 aromatic rings. The normalized spacial score (nSPS) is 18.4. The molecule has 2 amide bonds. The van der Waals surface area contributed by atoms with Crippen LogP contribution in [0.3, 0.4) is 0 Å². The van der Waals surface area contributed by atoms with Crippen molar-refractivity contribution in [1.29, 1.82) is 0 Å². The molecule has 0 saturated carbocycles. The number of carbonyl (C=O) groups is 2. The molecule has 0 bridgehead atoms. The summed E-state index contributed by atoms with van der Waals surface area (Å²) in [6.07, 6.45) is 3.61. The van der Waals surface area contributed by atoms with E-state index in [1.54, 1.807) is 6.20 Å². The minimum atomic E-state index is 0.0291. The molecule has 3 aliphatic heterocycles. The van der Waals surface area contributed by atoms with Crippen molar-refractivity contribution in [2.75, 3.05) is 44.3 Å². The number of fused-ring (bicyclic) bond motifs is 2. The Hall–Kier alpha value is -2.93. The van der Waals surface area contributed by atoms with E-state index in [1.165, 1.54) is 0 Å². The van der Waals surface area contributed by atoms with Gasteiger partial charge in [-0.1, -0.05) is 0 Å². The van der Waals surface area contributed by atoms with E-state index in [9.17, 15) is 9.59 Å². The van der Waals surface area contributed by atoms with Gasteiger partial charge in [-0.05, 0) is 55.2 Å². The Kier molecular flexibility index (Phi) is 4.90. The molecular formula is C23H26N4O3. The Morgan fingerprint density at radius 1 is 1.13 bits per heavy atom. The van der Waals surface area contributed by atoms with Crippen LogP contribution in [0.5, 0.6) is 0 Å². The number of hydrogen-bond acceptors (Lipinski definition) is 5. The van der Waals surface area contributed by atoms with Crippen LogP contribution in [0.4, 0.5) is 11.5 Å². The lowest BCUT2D eigenvalue weighted by atomic mass is 10.0. The molecule has 30 heavy (non-hydrogen) atoms. The lowest BCUT2D eigenvalue weighted by Crippen LogP contribution is -2.40. The maximum absolute atomic E-state index is 12.8. The van der Waals surface area contributed by atoms with E-state index in [1.807, 2.05) is 34.9 Å². The summed E-state index contributed by atoms with van der Waals surface area (Å²) in [7, 11) is 0. The first-order valence-corrected chi connectivity index (χ1v) is 10.7. The van der Waals surface area contributed by atoms with Crippen LogP contribution in [0.1, 0.15) is 45.2 Å². The molecule has 7 nitrogen and oxygen atoms in total. The van der Waals surface area contributed by atoms with Crippen molar-refractivity contribution in [3.63, 3.8) is 0 Å². The molecule has 1 aromatic carbocycles. The second kappa shape index (κ2) is 7.72. The van der Waals surface area contributed by atoms with Gasteiger partial charge in [0.2, 0.25) is 0 Å². The summed E-state index contributed by atoms with van der Waals surface area (Å²) < 4.78 is 5.35. The molecule has 0 aliphatic carbocycles. The Labute approximate surface area is 176 Å². The van der Waals surface area contributed by atoms with E-state index in [-0.39, 0.29) is 11.8 Å². The molecular weight excluding hydrogens is 380 g/mol. The van der Waals surface area contributed by atoms with Crippen LogP contribution >= 0.6 is 0 Å². The van der Waals surface area contributed by atoms with Gasteiger partial charge in [-0.25, -0.2) is 4.98 Å². The number of ether oxygens (including phenoxy) is 1. The van der Waals surface area contributed by atoms with Crippen LogP contribution in [0.25, 0.3) is 0 Å². The molecule has 0 spiro atoms. The fourth-order valence-electron chi connectivity index (χ4n) is 4.57. The smallest absolute Gasteiger partial charge is 0.255 e. The van der Waals surface area contributed by atoms with E-state index in [0.29, 0.717) is 38.4 Å². The molecule has 7 heteroatoms. The molecule has 156 valence electrons. The second-order valence-corrected chi connectivity index (χ2v) is 8.03. The molecule has 1 saturated heterocycles. The lowest BCUT2D eigenvalue weighted by molar-refractivity contribution is 0.0302. The van der Waals surface area contributed by atoms with Gasteiger partial charge < -0.3 is 19.4 Å². The summed E-state index contributed by atoms with van der Waals surface area (Å²) in [5.74, 6) is 1.06. The molecule has 3 aliphatic rings. The summed E-state index contributed by atoms with van der Waals surface area (Å²) in [6.45, 7) is 6.71. The highest BCUT2D eigenvalue weighted by Crippen LogP contribution is 2.35. The number of morpholine rings is 1. The molecule has 5 rings (SSSR count). The minimum absolute atomic E-state index is 0.0291. The van der Waals surface area contributed by atoms with Gasteiger partial charge in [-0.15, -0.1) is 0 Å². The SMILES string of the molecule is CCN1Cc2cc(N3CCCc4cc(C(=O)N5CCOCC5)cnc43)ccc2C1=O. The zero-order valence-corrected chi connectivity index (χ0v) is 17.3. The third-order valence-electron chi connectivity index (χ3n) is 6.23. The van der Waals surface area contributed by atoms with Crippen LogP contribution in [-0.2, 0) is 17.7 Å². The number of rotatable bonds is 3. The zero-order valence-electron chi connectivity index (χ0n) is 17.3. The van der Waals surface area contributed by atoms with Crippen LogP contribution in [0, 0.1) is 0 Å². The average molecular weight is 406 g/mol. The van der Waals surface area contributed by atoms with Crippen molar-refractivity contribution in [1.82, 2.24) is 14.8 Å². The first-order valence-electron chi connectivity index (χ1n) is 10.7. The van der Waals surface area contributed by atoms with Gasteiger partial charge in [0.05, 0.1) is 18.8 Å². The van der Waals surface area contributed by atoms with Crippen molar-refractivity contribution in [3.8, 4) is 0 Å². The van der Waals surface area contributed by atoms with E-state index in [4.69, 9.17) is 9.72 Å². The summed E-state index contributed by atoms with van der Waals surface area (Å²) >= 11 is 0. The Balaban J connectivity index is 1.42. The number of aryl methyl sites for hydroxylation is 1. The van der Waals surface area contributed by atoms with Crippen molar-refractivity contribution < 1.29 is 14.3 Å². The number of carbonyl (C=O) groups excluding carboxylic acids is 2. The second-order valence-electron chi connectivity index (χ2n) is 8.03. The number of amides is 2. The molecule has 4 heterocycles. The zero-order chi connectivity index (χ0) is 20.7. The molecule has 0 radical (unpaired) electrons.